The fourth-order valence-corrected chi connectivity index (χ4v) is 2.22. The highest BCUT2D eigenvalue weighted by atomic mass is 16.3. The maximum atomic E-state index is 5.52. The molecular weight excluding hydrogens is 254 g/mol. The molecule has 0 saturated carbocycles. The first-order valence-corrected chi connectivity index (χ1v) is 6.61. The molecule has 0 fully saturated rings. The monoisotopic (exact) mass is 271 g/mol. The Hall–Kier alpha value is -2.27. The zero-order valence-corrected chi connectivity index (χ0v) is 11.3. The van der Waals surface area contributed by atoms with Crippen LogP contribution in [-0.4, -0.2) is 16.1 Å². The lowest BCUT2D eigenvalue weighted by molar-refractivity contribution is 0.423. The minimum absolute atomic E-state index is 0.0556. The maximum absolute atomic E-state index is 5.52. The molecule has 1 atom stereocenters. The third-order valence-electron chi connectivity index (χ3n) is 3.24. The molecule has 0 radical (unpaired) electrons. The Bertz CT molecular complexity index is 626. The highest BCUT2D eigenvalue weighted by Gasteiger charge is 2.20. The lowest BCUT2D eigenvalue weighted by Crippen LogP contribution is -2.26. The highest BCUT2D eigenvalue weighted by Crippen LogP contribution is 2.20. The number of rotatable bonds is 6. The number of hydrogen-bond donors (Lipinski definition) is 1. The van der Waals surface area contributed by atoms with E-state index < -0.39 is 0 Å². The number of imidazole rings is 1. The van der Waals surface area contributed by atoms with Crippen molar-refractivity contribution in [2.45, 2.75) is 12.5 Å². The zero-order valence-electron chi connectivity index (χ0n) is 11.3. The van der Waals surface area contributed by atoms with Crippen LogP contribution in [0.4, 0.5) is 0 Å². The van der Waals surface area contributed by atoms with Crippen molar-refractivity contribution in [1.82, 2.24) is 14.9 Å². The second-order valence-corrected chi connectivity index (χ2v) is 4.63. The van der Waals surface area contributed by atoms with Gasteiger partial charge in [-0.25, -0.2) is 4.98 Å². The molecule has 0 spiro atoms. The standard InChI is InChI=1S/C15H17N3O2/c1-18-9-8-17-15(18)14(13-5-3-11-20-13)16-7-6-12-4-2-10-19-12/h2-5,8-11,14,16H,6-7H2,1H3. The molecule has 104 valence electrons. The predicted molar refractivity (Wildman–Crippen MR) is 74.2 cm³/mol. The summed E-state index contributed by atoms with van der Waals surface area (Å²) in [6, 6.07) is 7.67. The van der Waals surface area contributed by atoms with Crippen LogP contribution in [0, 0.1) is 0 Å². The van der Waals surface area contributed by atoms with Crippen molar-refractivity contribution < 1.29 is 8.83 Å². The zero-order chi connectivity index (χ0) is 13.8. The topological polar surface area (TPSA) is 56.1 Å². The van der Waals surface area contributed by atoms with Crippen LogP contribution in [0.3, 0.4) is 0 Å². The predicted octanol–water partition coefficient (Wildman–Crippen LogP) is 2.53. The quantitative estimate of drug-likeness (QED) is 0.748. The normalized spacial score (nSPS) is 12.7. The van der Waals surface area contributed by atoms with Crippen LogP contribution in [0.25, 0.3) is 0 Å². The summed E-state index contributed by atoms with van der Waals surface area (Å²) in [5.41, 5.74) is 0. The Labute approximate surface area is 117 Å². The van der Waals surface area contributed by atoms with Crippen LogP contribution in [0.1, 0.15) is 23.4 Å². The minimum atomic E-state index is -0.0556. The minimum Gasteiger partial charge on any atom is -0.469 e. The third-order valence-corrected chi connectivity index (χ3v) is 3.24. The summed E-state index contributed by atoms with van der Waals surface area (Å²) < 4.78 is 12.9. The van der Waals surface area contributed by atoms with Crippen molar-refractivity contribution in [3.8, 4) is 0 Å². The Balaban J connectivity index is 1.72. The molecule has 20 heavy (non-hydrogen) atoms. The van der Waals surface area contributed by atoms with Crippen LogP contribution >= 0.6 is 0 Å². The Morgan fingerprint density at radius 1 is 1.25 bits per heavy atom. The highest BCUT2D eigenvalue weighted by molar-refractivity contribution is 5.15. The van der Waals surface area contributed by atoms with Crippen LogP contribution in [-0.2, 0) is 13.5 Å². The van der Waals surface area contributed by atoms with E-state index in [2.05, 4.69) is 10.3 Å². The van der Waals surface area contributed by atoms with Crippen LogP contribution < -0.4 is 5.32 Å². The Morgan fingerprint density at radius 2 is 2.10 bits per heavy atom. The van der Waals surface area contributed by atoms with E-state index in [1.807, 2.05) is 42.1 Å². The van der Waals surface area contributed by atoms with Gasteiger partial charge in [0.2, 0.25) is 0 Å². The van der Waals surface area contributed by atoms with E-state index in [0.29, 0.717) is 0 Å². The van der Waals surface area contributed by atoms with Crippen LogP contribution in [0.5, 0.6) is 0 Å². The molecule has 0 aliphatic carbocycles. The molecule has 3 aromatic heterocycles. The van der Waals surface area contributed by atoms with Gasteiger partial charge in [0.15, 0.2) is 0 Å². The van der Waals surface area contributed by atoms with Gasteiger partial charge in [-0.05, 0) is 24.3 Å². The molecule has 0 saturated heterocycles. The molecule has 5 heteroatoms. The van der Waals surface area contributed by atoms with Crippen LogP contribution in [0.2, 0.25) is 0 Å². The number of nitrogens with zero attached hydrogens (tertiary/aromatic N) is 2. The van der Waals surface area contributed by atoms with Gasteiger partial charge in [0.1, 0.15) is 23.4 Å². The van der Waals surface area contributed by atoms with E-state index in [-0.39, 0.29) is 6.04 Å². The summed E-state index contributed by atoms with van der Waals surface area (Å²) in [6.45, 7) is 0.783. The number of aromatic nitrogens is 2. The molecule has 0 aromatic carbocycles. The van der Waals surface area contributed by atoms with Crippen molar-refractivity contribution in [1.29, 1.82) is 0 Å². The van der Waals surface area contributed by atoms with Gasteiger partial charge in [-0.2, -0.15) is 0 Å². The van der Waals surface area contributed by atoms with E-state index in [1.54, 1.807) is 18.7 Å². The molecule has 3 rings (SSSR count). The number of nitrogens with one attached hydrogen (secondary N) is 1. The van der Waals surface area contributed by atoms with Crippen LogP contribution in [0.15, 0.2) is 58.0 Å². The SMILES string of the molecule is Cn1ccnc1C(NCCc1ccco1)c1ccco1. The summed E-state index contributed by atoms with van der Waals surface area (Å²) >= 11 is 0. The molecule has 1 N–H and O–H groups in total. The molecule has 0 bridgehead atoms. The van der Waals surface area contributed by atoms with E-state index >= 15 is 0 Å². The second-order valence-electron chi connectivity index (χ2n) is 4.63. The molecule has 3 aromatic rings. The third kappa shape index (κ3) is 2.67. The summed E-state index contributed by atoms with van der Waals surface area (Å²) in [6.07, 6.45) is 7.92. The lowest BCUT2D eigenvalue weighted by Gasteiger charge is -2.16. The fourth-order valence-electron chi connectivity index (χ4n) is 2.22. The first kappa shape index (κ1) is 12.7. The van der Waals surface area contributed by atoms with E-state index in [0.717, 1.165) is 30.3 Å². The van der Waals surface area contributed by atoms with E-state index in [1.165, 1.54) is 0 Å². The Morgan fingerprint density at radius 3 is 2.75 bits per heavy atom. The van der Waals surface area contributed by atoms with Crippen molar-refractivity contribution in [3.05, 3.63) is 66.5 Å². The van der Waals surface area contributed by atoms with E-state index in [9.17, 15) is 0 Å². The van der Waals surface area contributed by atoms with Gasteiger partial charge in [-0.3, -0.25) is 0 Å². The van der Waals surface area contributed by atoms with Gasteiger partial charge in [0.25, 0.3) is 0 Å². The van der Waals surface area contributed by atoms with E-state index in [4.69, 9.17) is 8.83 Å². The molecule has 5 nitrogen and oxygen atoms in total. The molecule has 0 aliphatic heterocycles. The number of furan rings is 2. The molecule has 1 unspecified atom stereocenters. The molecule has 0 amide bonds. The van der Waals surface area contributed by atoms with Gasteiger partial charge < -0.3 is 18.7 Å². The smallest absolute Gasteiger partial charge is 0.133 e. The molecular formula is C15H17N3O2. The van der Waals surface area contributed by atoms with Crippen molar-refractivity contribution in [2.75, 3.05) is 6.54 Å². The summed E-state index contributed by atoms with van der Waals surface area (Å²) in [7, 11) is 1.98. The van der Waals surface area contributed by atoms with Crippen molar-refractivity contribution >= 4 is 0 Å². The molecule has 0 aliphatic rings. The summed E-state index contributed by atoms with van der Waals surface area (Å²) in [5, 5.41) is 3.47. The van der Waals surface area contributed by atoms with Gasteiger partial charge in [0, 0.05) is 32.4 Å². The average molecular weight is 271 g/mol. The van der Waals surface area contributed by atoms with Gasteiger partial charge in [0.05, 0.1) is 12.5 Å². The maximum Gasteiger partial charge on any atom is 0.133 e. The first-order chi connectivity index (χ1) is 9.84. The summed E-state index contributed by atoms with van der Waals surface area (Å²) in [4.78, 5) is 4.40. The molecule has 3 heterocycles. The summed E-state index contributed by atoms with van der Waals surface area (Å²) in [5.74, 6) is 2.76. The van der Waals surface area contributed by atoms with Gasteiger partial charge in [-0.1, -0.05) is 0 Å². The van der Waals surface area contributed by atoms with Gasteiger partial charge in [-0.15, -0.1) is 0 Å². The first-order valence-electron chi connectivity index (χ1n) is 6.61. The number of aryl methyl sites for hydroxylation is 1. The number of hydrogen-bond acceptors (Lipinski definition) is 4. The Kier molecular flexibility index (Phi) is 3.69. The fraction of sp³-hybridized carbons (Fsp3) is 0.267. The average Bonchev–Trinajstić information content (AvgIpc) is 3.18. The second kappa shape index (κ2) is 5.79. The van der Waals surface area contributed by atoms with Gasteiger partial charge >= 0.3 is 0 Å². The lowest BCUT2D eigenvalue weighted by atomic mass is 10.2. The van der Waals surface area contributed by atoms with Crippen molar-refractivity contribution in [3.63, 3.8) is 0 Å². The largest absolute Gasteiger partial charge is 0.469 e. The van der Waals surface area contributed by atoms with Crippen molar-refractivity contribution in [2.24, 2.45) is 7.05 Å².